The number of carbonyl (C=O) groups is 1. The number of H-pyrrole nitrogens is 1. The molecule has 0 bridgehead atoms. The van der Waals surface area contributed by atoms with Crippen molar-refractivity contribution in [1.82, 2.24) is 25.2 Å². The number of piperazine rings is 1. The number of amides is 1. The summed E-state index contributed by atoms with van der Waals surface area (Å²) in [6, 6.07) is 1.88. The zero-order valence-corrected chi connectivity index (χ0v) is 14.6. The number of aromatic amines is 1. The van der Waals surface area contributed by atoms with E-state index in [9.17, 15) is 4.79 Å². The molecule has 0 aliphatic carbocycles. The minimum absolute atomic E-state index is 0.0191. The van der Waals surface area contributed by atoms with E-state index in [0.29, 0.717) is 5.69 Å². The van der Waals surface area contributed by atoms with Gasteiger partial charge in [0.25, 0.3) is 5.91 Å². The molecule has 1 aliphatic heterocycles. The van der Waals surface area contributed by atoms with E-state index in [4.69, 9.17) is 4.52 Å². The van der Waals surface area contributed by atoms with Crippen molar-refractivity contribution in [1.29, 1.82) is 0 Å². The lowest BCUT2D eigenvalue weighted by molar-refractivity contribution is 0.0622. The molecule has 7 heteroatoms. The minimum Gasteiger partial charge on any atom is -0.361 e. The lowest BCUT2D eigenvalue weighted by Crippen LogP contribution is -2.48. The summed E-state index contributed by atoms with van der Waals surface area (Å²) in [4.78, 5) is 16.8. The summed E-state index contributed by atoms with van der Waals surface area (Å²) < 4.78 is 5.22. The fraction of sp³-hybridized carbons (Fsp3) is 0.588. The number of nitrogens with one attached hydrogen (secondary N) is 1. The summed E-state index contributed by atoms with van der Waals surface area (Å²) in [7, 11) is 0. The topological polar surface area (TPSA) is 78.3 Å². The van der Waals surface area contributed by atoms with Crippen molar-refractivity contribution in [3.63, 3.8) is 0 Å². The highest BCUT2D eigenvalue weighted by molar-refractivity contribution is 5.92. The molecular formula is C17H25N5O2. The normalized spacial score (nSPS) is 15.9. The maximum atomic E-state index is 12.5. The smallest absolute Gasteiger partial charge is 0.274 e. The Labute approximate surface area is 142 Å². The Hall–Kier alpha value is -2.15. The van der Waals surface area contributed by atoms with Crippen LogP contribution in [0.4, 0.5) is 0 Å². The quantitative estimate of drug-likeness (QED) is 0.906. The van der Waals surface area contributed by atoms with Crippen LogP contribution in [0.2, 0.25) is 0 Å². The number of carbonyl (C=O) groups excluding carboxylic acids is 1. The second-order valence-electron chi connectivity index (χ2n) is 6.40. The molecule has 2 aromatic heterocycles. The molecule has 3 rings (SSSR count). The third kappa shape index (κ3) is 3.51. The first-order chi connectivity index (χ1) is 11.6. The van der Waals surface area contributed by atoms with Crippen LogP contribution in [0.3, 0.4) is 0 Å². The highest BCUT2D eigenvalue weighted by Gasteiger charge is 2.25. The Kier molecular flexibility index (Phi) is 4.99. The van der Waals surface area contributed by atoms with Crippen molar-refractivity contribution in [2.24, 2.45) is 0 Å². The zero-order valence-electron chi connectivity index (χ0n) is 14.6. The van der Waals surface area contributed by atoms with Crippen molar-refractivity contribution in [2.45, 2.75) is 40.2 Å². The summed E-state index contributed by atoms with van der Waals surface area (Å²) in [5.74, 6) is 0.900. The van der Waals surface area contributed by atoms with Gasteiger partial charge in [0.15, 0.2) is 0 Å². The molecule has 1 aliphatic rings. The monoisotopic (exact) mass is 331 g/mol. The van der Waals surface area contributed by atoms with Gasteiger partial charge in [0.1, 0.15) is 11.5 Å². The van der Waals surface area contributed by atoms with Crippen LogP contribution in [0.1, 0.15) is 46.5 Å². The lowest BCUT2D eigenvalue weighted by Gasteiger charge is -2.34. The number of nitrogens with zero attached hydrogens (tertiary/aromatic N) is 4. The van der Waals surface area contributed by atoms with Crippen molar-refractivity contribution in [3.8, 4) is 0 Å². The first kappa shape index (κ1) is 16.7. The van der Waals surface area contributed by atoms with E-state index in [1.165, 1.54) is 0 Å². The fourth-order valence-corrected chi connectivity index (χ4v) is 3.09. The second kappa shape index (κ2) is 7.17. The molecule has 3 heterocycles. The third-order valence-electron chi connectivity index (χ3n) is 4.59. The summed E-state index contributed by atoms with van der Waals surface area (Å²) in [5.41, 5.74) is 3.66. The average Bonchev–Trinajstić information content (AvgIpc) is 3.17. The van der Waals surface area contributed by atoms with E-state index >= 15 is 0 Å². The molecule has 0 aromatic carbocycles. The van der Waals surface area contributed by atoms with Gasteiger partial charge in [0.2, 0.25) is 0 Å². The van der Waals surface area contributed by atoms with Gasteiger partial charge in [0.05, 0.1) is 5.69 Å². The maximum absolute atomic E-state index is 12.5. The van der Waals surface area contributed by atoms with E-state index in [1.54, 1.807) is 0 Å². The number of hydrogen-bond acceptors (Lipinski definition) is 5. The van der Waals surface area contributed by atoms with Crippen molar-refractivity contribution >= 4 is 5.91 Å². The predicted molar refractivity (Wildman–Crippen MR) is 89.7 cm³/mol. The molecule has 1 fully saturated rings. The maximum Gasteiger partial charge on any atom is 0.274 e. The molecule has 130 valence electrons. The van der Waals surface area contributed by atoms with Crippen LogP contribution in [-0.4, -0.2) is 57.2 Å². The van der Waals surface area contributed by atoms with E-state index in [0.717, 1.165) is 68.3 Å². The Balaban J connectivity index is 1.55. The van der Waals surface area contributed by atoms with Crippen molar-refractivity contribution < 1.29 is 9.32 Å². The van der Waals surface area contributed by atoms with Gasteiger partial charge in [-0.2, -0.15) is 5.10 Å². The predicted octanol–water partition coefficient (Wildman–Crippen LogP) is 1.93. The van der Waals surface area contributed by atoms with Gasteiger partial charge in [-0.1, -0.05) is 18.5 Å². The Morgan fingerprint density at radius 1 is 1.29 bits per heavy atom. The molecule has 1 saturated heterocycles. The highest BCUT2D eigenvalue weighted by atomic mass is 16.5. The zero-order chi connectivity index (χ0) is 17.1. The Bertz CT molecular complexity index is 678. The van der Waals surface area contributed by atoms with Gasteiger partial charge in [-0.3, -0.25) is 14.8 Å². The molecule has 7 nitrogen and oxygen atoms in total. The lowest BCUT2D eigenvalue weighted by atomic mass is 10.1. The summed E-state index contributed by atoms with van der Waals surface area (Å²) >= 11 is 0. The summed E-state index contributed by atoms with van der Waals surface area (Å²) in [6.07, 6.45) is 1.96. The van der Waals surface area contributed by atoms with Crippen LogP contribution in [0, 0.1) is 13.8 Å². The molecule has 0 saturated carbocycles. The molecule has 0 radical (unpaired) electrons. The van der Waals surface area contributed by atoms with Crippen molar-refractivity contribution in [3.05, 3.63) is 34.5 Å². The third-order valence-corrected chi connectivity index (χ3v) is 4.59. The molecule has 24 heavy (non-hydrogen) atoms. The molecule has 0 atom stereocenters. The molecule has 0 unspecified atom stereocenters. The molecule has 1 N–H and O–H groups in total. The second-order valence-corrected chi connectivity index (χ2v) is 6.40. The average molecular weight is 331 g/mol. The van der Waals surface area contributed by atoms with Crippen LogP contribution >= 0.6 is 0 Å². The Morgan fingerprint density at radius 3 is 2.67 bits per heavy atom. The van der Waals surface area contributed by atoms with Gasteiger partial charge in [-0.25, -0.2) is 0 Å². The SMILES string of the molecule is CCCc1cc(C(=O)N2CCN(Cc3c(C)noc3C)CC2)n[nH]1. The van der Waals surface area contributed by atoms with Gasteiger partial charge >= 0.3 is 0 Å². The number of rotatable bonds is 5. The number of aromatic nitrogens is 3. The largest absolute Gasteiger partial charge is 0.361 e. The summed E-state index contributed by atoms with van der Waals surface area (Å²) in [5, 5.41) is 11.1. The number of hydrogen-bond donors (Lipinski definition) is 1. The van der Waals surface area contributed by atoms with Gasteiger partial charge in [-0.15, -0.1) is 0 Å². The summed E-state index contributed by atoms with van der Waals surface area (Å²) in [6.45, 7) is 9.99. The first-order valence-electron chi connectivity index (χ1n) is 8.56. The van der Waals surface area contributed by atoms with Crippen LogP contribution in [-0.2, 0) is 13.0 Å². The standard InChI is InChI=1S/C17H25N5O2/c1-4-5-14-10-16(19-18-14)17(23)22-8-6-21(7-9-22)11-15-12(2)20-24-13(15)3/h10H,4-9,11H2,1-3H3,(H,18,19). The van der Waals surface area contributed by atoms with E-state index < -0.39 is 0 Å². The van der Waals surface area contributed by atoms with Gasteiger partial charge < -0.3 is 9.42 Å². The van der Waals surface area contributed by atoms with E-state index in [-0.39, 0.29) is 5.91 Å². The van der Waals surface area contributed by atoms with Crippen LogP contribution in [0.15, 0.2) is 10.6 Å². The molecule has 1 amide bonds. The van der Waals surface area contributed by atoms with Crippen LogP contribution < -0.4 is 0 Å². The molecule has 2 aromatic rings. The first-order valence-corrected chi connectivity index (χ1v) is 8.56. The van der Waals surface area contributed by atoms with E-state index in [2.05, 4.69) is 27.2 Å². The van der Waals surface area contributed by atoms with E-state index in [1.807, 2.05) is 24.8 Å². The molecule has 0 spiro atoms. The van der Waals surface area contributed by atoms with Crippen LogP contribution in [0.5, 0.6) is 0 Å². The molecular weight excluding hydrogens is 306 g/mol. The Morgan fingerprint density at radius 2 is 2.04 bits per heavy atom. The van der Waals surface area contributed by atoms with Crippen molar-refractivity contribution in [2.75, 3.05) is 26.2 Å². The fourth-order valence-electron chi connectivity index (χ4n) is 3.09. The van der Waals surface area contributed by atoms with Gasteiger partial charge in [0, 0.05) is 44.0 Å². The van der Waals surface area contributed by atoms with Gasteiger partial charge in [-0.05, 0) is 26.3 Å². The minimum atomic E-state index is 0.0191. The number of aryl methyl sites for hydroxylation is 3. The van der Waals surface area contributed by atoms with Crippen LogP contribution in [0.25, 0.3) is 0 Å². The highest BCUT2D eigenvalue weighted by Crippen LogP contribution is 2.17.